The van der Waals surface area contributed by atoms with Crippen LogP contribution in [0.5, 0.6) is 11.5 Å². The highest BCUT2D eigenvalue weighted by atomic mass is 16.6. The van der Waals surface area contributed by atoms with Gasteiger partial charge < -0.3 is 9.47 Å². The molecule has 0 bridgehead atoms. The van der Waals surface area contributed by atoms with E-state index in [1.807, 2.05) is 0 Å². The maximum atomic E-state index is 12.4. The molecule has 0 fully saturated rings. The van der Waals surface area contributed by atoms with E-state index in [9.17, 15) is 19.7 Å². The third-order valence-corrected chi connectivity index (χ3v) is 5.57. The highest BCUT2D eigenvalue weighted by Crippen LogP contribution is 2.28. The number of hydrogen-bond acceptors (Lipinski definition) is 6. The van der Waals surface area contributed by atoms with Crippen LogP contribution in [0.1, 0.15) is 94.3 Å². The summed E-state index contributed by atoms with van der Waals surface area (Å²) in [6.45, 7) is 2.23. The zero-order valence-corrected chi connectivity index (χ0v) is 20.0. The van der Waals surface area contributed by atoms with Crippen LogP contribution in [0.15, 0.2) is 48.5 Å². The molecule has 0 N–H and O–H groups in total. The Balaban J connectivity index is 1.70. The molecule has 2 aromatic carbocycles. The smallest absolute Gasteiger partial charge is 0.343 e. The van der Waals surface area contributed by atoms with Crippen LogP contribution < -0.4 is 9.47 Å². The normalized spacial score (nSPS) is 10.6. The Hall–Kier alpha value is -3.22. The third-order valence-electron chi connectivity index (χ3n) is 5.57. The molecule has 0 saturated heterocycles. The van der Waals surface area contributed by atoms with Crippen molar-refractivity contribution in [1.82, 2.24) is 0 Å². The molecule has 0 aliphatic heterocycles. The number of nitro groups is 1. The molecule has 0 aliphatic rings. The van der Waals surface area contributed by atoms with E-state index in [4.69, 9.17) is 9.47 Å². The number of non-ortho nitro benzene ring substituents is 1. The van der Waals surface area contributed by atoms with Gasteiger partial charge >= 0.3 is 11.9 Å². The van der Waals surface area contributed by atoms with Crippen LogP contribution in [-0.2, 0) is 4.79 Å². The summed E-state index contributed by atoms with van der Waals surface area (Å²) < 4.78 is 10.8. The van der Waals surface area contributed by atoms with Crippen molar-refractivity contribution in [3.8, 4) is 11.5 Å². The molecule has 184 valence electrons. The van der Waals surface area contributed by atoms with Gasteiger partial charge in [-0.3, -0.25) is 14.9 Å². The van der Waals surface area contributed by atoms with Crippen molar-refractivity contribution in [2.45, 2.75) is 84.0 Å². The van der Waals surface area contributed by atoms with Gasteiger partial charge in [0.2, 0.25) is 0 Å². The molecule has 7 heteroatoms. The first kappa shape index (κ1) is 27.0. The monoisotopic (exact) mass is 469 g/mol. The van der Waals surface area contributed by atoms with Crippen LogP contribution in [-0.4, -0.2) is 16.9 Å². The molecule has 0 spiro atoms. The number of benzene rings is 2. The number of rotatable bonds is 16. The van der Waals surface area contributed by atoms with E-state index in [-0.39, 0.29) is 28.7 Å². The molecule has 0 amide bonds. The molecule has 0 unspecified atom stereocenters. The fraction of sp³-hybridized carbons (Fsp3) is 0.481. The van der Waals surface area contributed by atoms with Gasteiger partial charge in [-0.2, -0.15) is 0 Å². The SMILES string of the molecule is CCCCCCCCCCCCCC(=O)Oc1ccccc1OC(=O)c1ccc([N+](=O)[O-])cc1. The van der Waals surface area contributed by atoms with Gasteiger partial charge in [-0.05, 0) is 30.7 Å². The number of hydrogen-bond donors (Lipinski definition) is 0. The van der Waals surface area contributed by atoms with E-state index in [0.717, 1.165) is 19.3 Å². The van der Waals surface area contributed by atoms with Crippen molar-refractivity contribution in [2.24, 2.45) is 0 Å². The molecule has 2 rings (SSSR count). The zero-order chi connectivity index (χ0) is 24.6. The lowest BCUT2D eigenvalue weighted by molar-refractivity contribution is -0.384. The summed E-state index contributed by atoms with van der Waals surface area (Å²) in [5, 5.41) is 10.8. The van der Waals surface area contributed by atoms with Crippen molar-refractivity contribution in [2.75, 3.05) is 0 Å². The molecule has 7 nitrogen and oxygen atoms in total. The van der Waals surface area contributed by atoms with E-state index >= 15 is 0 Å². The van der Waals surface area contributed by atoms with Crippen molar-refractivity contribution < 1.29 is 24.0 Å². The van der Waals surface area contributed by atoms with E-state index < -0.39 is 10.9 Å². The van der Waals surface area contributed by atoms with Gasteiger partial charge in [0.15, 0.2) is 11.5 Å². The first-order valence-electron chi connectivity index (χ1n) is 12.3. The molecule has 0 saturated carbocycles. The molecule has 0 radical (unpaired) electrons. The Bertz CT molecular complexity index is 910. The van der Waals surface area contributed by atoms with Crippen molar-refractivity contribution in [3.63, 3.8) is 0 Å². The lowest BCUT2D eigenvalue weighted by Crippen LogP contribution is -2.12. The Morgan fingerprint density at radius 2 is 1.24 bits per heavy atom. The van der Waals surface area contributed by atoms with Crippen LogP contribution in [0, 0.1) is 10.1 Å². The van der Waals surface area contributed by atoms with Gasteiger partial charge in [0, 0.05) is 18.6 Å². The predicted molar refractivity (Wildman–Crippen MR) is 131 cm³/mol. The number of carbonyl (C=O) groups is 2. The number of nitro benzene ring substituents is 1. The molecular weight excluding hydrogens is 434 g/mol. The zero-order valence-electron chi connectivity index (χ0n) is 20.0. The van der Waals surface area contributed by atoms with Gasteiger partial charge in [-0.15, -0.1) is 0 Å². The second-order valence-electron chi connectivity index (χ2n) is 8.40. The van der Waals surface area contributed by atoms with Crippen molar-refractivity contribution in [1.29, 1.82) is 0 Å². The second kappa shape index (κ2) is 15.6. The summed E-state index contributed by atoms with van der Waals surface area (Å²) in [5.41, 5.74) is 0.0426. The fourth-order valence-electron chi connectivity index (χ4n) is 3.60. The lowest BCUT2D eigenvalue weighted by atomic mass is 10.1. The number of unbranched alkanes of at least 4 members (excludes halogenated alkanes) is 10. The average Bonchev–Trinajstić information content (AvgIpc) is 2.83. The highest BCUT2D eigenvalue weighted by Gasteiger charge is 2.16. The highest BCUT2D eigenvalue weighted by molar-refractivity contribution is 5.91. The summed E-state index contributed by atoms with van der Waals surface area (Å²) in [7, 11) is 0. The third kappa shape index (κ3) is 10.1. The maximum Gasteiger partial charge on any atom is 0.343 e. The van der Waals surface area contributed by atoms with Gasteiger partial charge in [-0.25, -0.2) is 4.79 Å². The minimum absolute atomic E-state index is 0.117. The van der Waals surface area contributed by atoms with E-state index in [1.54, 1.807) is 18.2 Å². The summed E-state index contributed by atoms with van der Waals surface area (Å²) in [6.07, 6.45) is 13.5. The van der Waals surface area contributed by atoms with E-state index in [1.165, 1.54) is 81.7 Å². The van der Waals surface area contributed by atoms with Crippen LogP contribution in [0.25, 0.3) is 0 Å². The number of carbonyl (C=O) groups excluding carboxylic acids is 2. The summed E-state index contributed by atoms with van der Waals surface area (Å²) in [4.78, 5) is 34.9. The summed E-state index contributed by atoms with van der Waals surface area (Å²) in [6, 6.07) is 11.6. The number of ether oxygens (including phenoxy) is 2. The van der Waals surface area contributed by atoms with Gasteiger partial charge in [-0.1, -0.05) is 83.3 Å². The fourth-order valence-corrected chi connectivity index (χ4v) is 3.60. The van der Waals surface area contributed by atoms with Crippen LogP contribution in [0.2, 0.25) is 0 Å². The first-order chi connectivity index (χ1) is 16.5. The largest absolute Gasteiger partial charge is 0.423 e. The van der Waals surface area contributed by atoms with Gasteiger partial charge in [0.1, 0.15) is 0 Å². The van der Waals surface area contributed by atoms with Crippen molar-refractivity contribution >= 4 is 17.6 Å². The van der Waals surface area contributed by atoms with Crippen LogP contribution in [0.4, 0.5) is 5.69 Å². The Morgan fingerprint density at radius 1 is 0.735 bits per heavy atom. The quantitative estimate of drug-likeness (QED) is 0.0834. The van der Waals surface area contributed by atoms with Crippen LogP contribution >= 0.6 is 0 Å². The summed E-state index contributed by atoms with van der Waals surface area (Å²) >= 11 is 0. The van der Waals surface area contributed by atoms with E-state index in [0.29, 0.717) is 6.42 Å². The second-order valence-corrected chi connectivity index (χ2v) is 8.40. The number of nitrogens with zero attached hydrogens (tertiary/aromatic N) is 1. The minimum Gasteiger partial charge on any atom is -0.423 e. The van der Waals surface area contributed by atoms with Crippen LogP contribution in [0.3, 0.4) is 0 Å². The number of para-hydroxylation sites is 2. The molecule has 0 atom stereocenters. The van der Waals surface area contributed by atoms with E-state index in [2.05, 4.69) is 6.92 Å². The minimum atomic E-state index is -0.691. The Morgan fingerprint density at radius 3 is 1.76 bits per heavy atom. The van der Waals surface area contributed by atoms with Gasteiger partial charge in [0.25, 0.3) is 5.69 Å². The lowest BCUT2D eigenvalue weighted by Gasteiger charge is -2.10. The molecule has 0 aliphatic carbocycles. The Kier molecular flexibility index (Phi) is 12.4. The molecular formula is C27H35NO6. The topological polar surface area (TPSA) is 95.7 Å². The molecule has 2 aromatic rings. The molecule has 0 aromatic heterocycles. The molecule has 34 heavy (non-hydrogen) atoms. The first-order valence-corrected chi connectivity index (χ1v) is 12.3. The van der Waals surface area contributed by atoms with Gasteiger partial charge in [0.05, 0.1) is 10.5 Å². The summed E-state index contributed by atoms with van der Waals surface area (Å²) in [5.74, 6) is -0.762. The Labute approximate surface area is 201 Å². The predicted octanol–water partition coefficient (Wildman–Crippen LogP) is 7.42. The number of esters is 2. The van der Waals surface area contributed by atoms with Crippen molar-refractivity contribution in [3.05, 3.63) is 64.2 Å². The average molecular weight is 470 g/mol. The molecule has 0 heterocycles. The maximum absolute atomic E-state index is 12.4. The standard InChI is InChI=1S/C27H35NO6/c1-2-3-4-5-6-7-8-9-10-11-12-17-26(29)33-24-15-13-14-16-25(24)34-27(30)22-18-20-23(21-19-22)28(31)32/h13-16,18-21H,2-12,17H2,1H3.